The minimum absolute atomic E-state index is 0.0102. The molecule has 1 aromatic carbocycles. The summed E-state index contributed by atoms with van der Waals surface area (Å²) in [4.78, 5) is 21.4. The molecule has 1 amide bonds. The molecule has 0 fully saturated rings. The summed E-state index contributed by atoms with van der Waals surface area (Å²) in [6.45, 7) is 0. The molecule has 1 aromatic heterocycles. The van der Waals surface area contributed by atoms with E-state index in [1.807, 2.05) is 0 Å². The van der Waals surface area contributed by atoms with Crippen molar-refractivity contribution in [2.75, 3.05) is 5.32 Å². The van der Waals surface area contributed by atoms with Crippen LogP contribution in [0.15, 0.2) is 29.0 Å². The average Bonchev–Trinajstić information content (AvgIpc) is 2.84. The first kappa shape index (κ1) is 12.6. The lowest BCUT2D eigenvalue weighted by Gasteiger charge is -2.03. The summed E-state index contributed by atoms with van der Waals surface area (Å²) in [6, 6.07) is 2.07. The number of amides is 1. The Morgan fingerprint density at radius 1 is 1.37 bits per heavy atom. The number of nitrogens with one attached hydrogen (secondary N) is 1. The van der Waals surface area contributed by atoms with Gasteiger partial charge in [-0.3, -0.25) is 14.9 Å². The van der Waals surface area contributed by atoms with E-state index in [4.69, 9.17) is 0 Å². The second kappa shape index (κ2) is 4.80. The highest BCUT2D eigenvalue weighted by Gasteiger charge is 2.24. The predicted octanol–water partition coefficient (Wildman–Crippen LogP) is 2.11. The molecule has 98 valence electrons. The summed E-state index contributed by atoms with van der Waals surface area (Å²) >= 11 is 0. The van der Waals surface area contributed by atoms with Gasteiger partial charge in [-0.15, -0.1) is 0 Å². The van der Waals surface area contributed by atoms with Crippen LogP contribution in [0.25, 0.3) is 0 Å². The van der Waals surface area contributed by atoms with Crippen LogP contribution in [0.5, 0.6) is 0 Å². The van der Waals surface area contributed by atoms with Crippen molar-refractivity contribution in [2.45, 2.75) is 0 Å². The van der Waals surface area contributed by atoms with Gasteiger partial charge in [-0.25, -0.2) is 8.78 Å². The van der Waals surface area contributed by atoms with Crippen LogP contribution in [0, 0.1) is 21.7 Å². The van der Waals surface area contributed by atoms with E-state index in [2.05, 4.69) is 15.0 Å². The van der Waals surface area contributed by atoms with Crippen LogP contribution in [0.2, 0.25) is 0 Å². The predicted molar refractivity (Wildman–Crippen MR) is 57.5 cm³/mol. The van der Waals surface area contributed by atoms with Gasteiger partial charge in [-0.05, 0) is 6.07 Å². The van der Waals surface area contributed by atoms with Crippen LogP contribution in [-0.4, -0.2) is 16.0 Å². The lowest BCUT2D eigenvalue weighted by molar-refractivity contribution is -0.385. The fraction of sp³-hybridized carbons (Fsp3) is 0. The number of rotatable bonds is 3. The number of nitro benzene ring substituents is 1. The highest BCUT2D eigenvalue weighted by atomic mass is 19.2. The van der Waals surface area contributed by atoms with E-state index < -0.39 is 33.7 Å². The maximum absolute atomic E-state index is 13.0. The molecule has 1 N–H and O–H groups in total. The van der Waals surface area contributed by atoms with E-state index in [0.29, 0.717) is 12.1 Å². The van der Waals surface area contributed by atoms with Gasteiger partial charge in [0.2, 0.25) is 0 Å². The summed E-state index contributed by atoms with van der Waals surface area (Å²) in [6.07, 6.45) is 1.16. The topological polar surface area (TPSA) is 98.3 Å². The minimum atomic E-state index is -1.41. The van der Waals surface area contributed by atoms with Crippen LogP contribution in [0.4, 0.5) is 20.3 Å². The molecule has 2 rings (SSSR count). The maximum Gasteiger partial charge on any atom is 0.285 e. The van der Waals surface area contributed by atoms with E-state index in [-0.39, 0.29) is 5.82 Å². The van der Waals surface area contributed by atoms with Crippen molar-refractivity contribution >= 4 is 17.4 Å². The number of nitro groups is 1. The summed E-state index contributed by atoms with van der Waals surface area (Å²) in [7, 11) is 0. The molecular weight excluding hydrogens is 264 g/mol. The molecule has 0 saturated heterocycles. The highest BCUT2D eigenvalue weighted by Crippen LogP contribution is 2.23. The quantitative estimate of drug-likeness (QED) is 0.679. The molecule has 0 aliphatic carbocycles. The zero-order valence-electron chi connectivity index (χ0n) is 9.09. The van der Waals surface area contributed by atoms with Crippen LogP contribution in [0.1, 0.15) is 10.4 Å². The minimum Gasteiger partial charge on any atom is -0.363 e. The molecule has 0 atom stereocenters. The fourth-order valence-electron chi connectivity index (χ4n) is 1.33. The Morgan fingerprint density at radius 3 is 2.63 bits per heavy atom. The molecule has 0 unspecified atom stereocenters. The Balaban J connectivity index is 2.40. The molecule has 19 heavy (non-hydrogen) atoms. The highest BCUT2D eigenvalue weighted by molar-refractivity contribution is 6.06. The third-order valence-electron chi connectivity index (χ3n) is 2.16. The maximum atomic E-state index is 13.0. The summed E-state index contributed by atoms with van der Waals surface area (Å²) < 4.78 is 30.4. The second-order valence-corrected chi connectivity index (χ2v) is 3.38. The lowest BCUT2D eigenvalue weighted by atomic mass is 10.1. The Kier molecular flexibility index (Phi) is 3.19. The van der Waals surface area contributed by atoms with Crippen molar-refractivity contribution in [3.63, 3.8) is 0 Å². The summed E-state index contributed by atoms with van der Waals surface area (Å²) in [5, 5.41) is 16.2. The number of carbonyl (C=O) groups is 1. The van der Waals surface area contributed by atoms with Gasteiger partial charge in [0.1, 0.15) is 11.8 Å². The largest absolute Gasteiger partial charge is 0.363 e. The number of halogens is 2. The number of carbonyl (C=O) groups excluding carboxylic acids is 1. The number of aromatic nitrogens is 1. The fourth-order valence-corrected chi connectivity index (χ4v) is 1.33. The monoisotopic (exact) mass is 269 g/mol. The van der Waals surface area contributed by atoms with Gasteiger partial charge in [-0.2, -0.15) is 0 Å². The normalized spacial score (nSPS) is 10.2. The standard InChI is InChI=1S/C10H5F2N3O4/c11-6-3-5(8(15(17)18)4-7(6)12)10(16)13-9-1-2-19-14-9/h1-4H,(H,13,14,16). The van der Waals surface area contributed by atoms with E-state index in [9.17, 15) is 23.7 Å². The molecule has 0 saturated carbocycles. The number of benzene rings is 1. The molecule has 0 aliphatic rings. The SMILES string of the molecule is O=C(Nc1ccon1)c1cc(F)c(F)cc1[N+](=O)[O-]. The van der Waals surface area contributed by atoms with Gasteiger partial charge in [0.15, 0.2) is 17.5 Å². The molecular formula is C10H5F2N3O4. The molecule has 9 heteroatoms. The molecule has 7 nitrogen and oxygen atoms in total. The molecule has 0 bridgehead atoms. The Morgan fingerprint density at radius 2 is 2.05 bits per heavy atom. The Hall–Kier alpha value is -2.84. The van der Waals surface area contributed by atoms with Crippen molar-refractivity contribution in [3.8, 4) is 0 Å². The summed E-state index contributed by atoms with van der Waals surface area (Å²) in [5.74, 6) is -3.79. The molecule has 2 aromatic rings. The Bertz CT molecular complexity index is 642. The van der Waals surface area contributed by atoms with Crippen molar-refractivity contribution in [3.05, 3.63) is 51.8 Å². The third-order valence-corrected chi connectivity index (χ3v) is 2.16. The molecule has 0 aliphatic heterocycles. The third kappa shape index (κ3) is 2.54. The lowest BCUT2D eigenvalue weighted by Crippen LogP contribution is -2.15. The molecule has 0 radical (unpaired) electrons. The van der Waals surface area contributed by atoms with Gasteiger partial charge < -0.3 is 9.84 Å². The van der Waals surface area contributed by atoms with Crippen molar-refractivity contribution < 1.29 is 23.0 Å². The van der Waals surface area contributed by atoms with E-state index >= 15 is 0 Å². The van der Waals surface area contributed by atoms with Crippen LogP contribution >= 0.6 is 0 Å². The van der Waals surface area contributed by atoms with Crippen LogP contribution in [-0.2, 0) is 0 Å². The molecule has 0 spiro atoms. The van der Waals surface area contributed by atoms with Crippen molar-refractivity contribution in [1.29, 1.82) is 0 Å². The zero-order valence-corrected chi connectivity index (χ0v) is 9.09. The van der Waals surface area contributed by atoms with Crippen LogP contribution in [0.3, 0.4) is 0 Å². The number of anilines is 1. The second-order valence-electron chi connectivity index (χ2n) is 3.38. The number of nitrogens with zero attached hydrogens (tertiary/aromatic N) is 2. The zero-order chi connectivity index (χ0) is 14.0. The summed E-state index contributed by atoms with van der Waals surface area (Å²) in [5.41, 5.74) is -1.47. The van der Waals surface area contributed by atoms with Gasteiger partial charge in [0.05, 0.1) is 11.0 Å². The van der Waals surface area contributed by atoms with E-state index in [1.165, 1.54) is 6.07 Å². The first-order valence-corrected chi connectivity index (χ1v) is 4.84. The van der Waals surface area contributed by atoms with Crippen molar-refractivity contribution in [1.82, 2.24) is 5.16 Å². The molecule has 1 heterocycles. The van der Waals surface area contributed by atoms with E-state index in [0.717, 1.165) is 6.26 Å². The van der Waals surface area contributed by atoms with Gasteiger partial charge in [-0.1, -0.05) is 5.16 Å². The Labute approximate surface area is 104 Å². The first-order valence-electron chi connectivity index (χ1n) is 4.84. The average molecular weight is 269 g/mol. The van der Waals surface area contributed by atoms with Gasteiger partial charge in [0.25, 0.3) is 11.6 Å². The van der Waals surface area contributed by atoms with Gasteiger partial charge >= 0.3 is 0 Å². The first-order chi connectivity index (χ1) is 8.99. The van der Waals surface area contributed by atoms with E-state index in [1.54, 1.807) is 0 Å². The smallest absolute Gasteiger partial charge is 0.285 e. The number of hydrogen-bond acceptors (Lipinski definition) is 5. The van der Waals surface area contributed by atoms with Crippen molar-refractivity contribution in [2.24, 2.45) is 0 Å². The van der Waals surface area contributed by atoms with Gasteiger partial charge in [0, 0.05) is 6.07 Å². The number of hydrogen-bond donors (Lipinski definition) is 1. The van der Waals surface area contributed by atoms with Crippen LogP contribution < -0.4 is 5.32 Å².